The first-order valence-electron chi connectivity index (χ1n) is 15.0. The first-order chi connectivity index (χ1) is 16.4. The summed E-state index contributed by atoms with van der Waals surface area (Å²) in [4.78, 5) is 0. The van der Waals surface area contributed by atoms with Crippen molar-refractivity contribution in [1.82, 2.24) is 0 Å². The average molecular weight is 498 g/mol. The van der Waals surface area contributed by atoms with Crippen LogP contribution in [0.3, 0.4) is 0 Å². The molecule has 3 heteroatoms. The van der Waals surface area contributed by atoms with Crippen LogP contribution in [0.15, 0.2) is 29.0 Å². The monoisotopic (exact) mass is 497 g/mol. The topological polar surface area (TPSA) is 21.6 Å². The number of hydrogen-bond acceptors (Lipinski definition) is 2. The van der Waals surface area contributed by atoms with Crippen molar-refractivity contribution < 1.29 is 4.53 Å². The lowest BCUT2D eigenvalue weighted by Gasteiger charge is -2.58. The Balaban J connectivity index is 1.49. The molecular weight excluding hydrogens is 442 g/mol. The highest BCUT2D eigenvalue weighted by Gasteiger charge is 2.59. The Morgan fingerprint density at radius 1 is 1.00 bits per heavy atom. The second kappa shape index (κ2) is 10.1. The number of rotatable bonds is 7. The van der Waals surface area contributed by atoms with Gasteiger partial charge in [0.1, 0.15) is 0 Å². The summed E-state index contributed by atoms with van der Waals surface area (Å²) in [6.07, 6.45) is 19.7. The number of oxime groups is 1. The van der Waals surface area contributed by atoms with Crippen LogP contribution < -0.4 is 0 Å². The van der Waals surface area contributed by atoms with Gasteiger partial charge in [-0.05, 0) is 136 Å². The third kappa shape index (κ3) is 5.27. The zero-order chi connectivity index (χ0) is 25.6. The average Bonchev–Trinajstić information content (AvgIpc) is 3.14. The van der Waals surface area contributed by atoms with E-state index in [0.717, 1.165) is 41.9 Å². The molecule has 8 atom stereocenters. The van der Waals surface area contributed by atoms with E-state index >= 15 is 0 Å². The number of hydrogen-bond donors (Lipinski definition) is 0. The molecule has 4 rings (SSSR count). The summed E-state index contributed by atoms with van der Waals surface area (Å²) in [5.74, 6) is 5.78. The zero-order valence-electron chi connectivity index (χ0n) is 24.5. The standard InChI is InChI=1S/C32H55NOSi/c1-10-24(22(2)3)12-11-23(4)28-15-16-29-27-14-13-25-21-26(33-34-35(7,8)9)17-19-31(25,5)30(27)18-20-32(28,29)6/h11-12,21-24,27-30H,10,13-20H2,1-9H3/b12-11+,33-26?. The van der Waals surface area contributed by atoms with Gasteiger partial charge < -0.3 is 4.53 Å². The molecule has 0 spiro atoms. The van der Waals surface area contributed by atoms with Crippen molar-refractivity contribution in [2.45, 2.75) is 119 Å². The van der Waals surface area contributed by atoms with Crippen LogP contribution in [0.4, 0.5) is 0 Å². The lowest BCUT2D eigenvalue weighted by Crippen LogP contribution is -2.50. The summed E-state index contributed by atoms with van der Waals surface area (Å²) in [5.41, 5.74) is 3.82. The largest absolute Gasteiger partial charge is 0.455 e. The van der Waals surface area contributed by atoms with Gasteiger partial charge in [-0.15, -0.1) is 5.16 Å². The quantitative estimate of drug-likeness (QED) is 0.195. The van der Waals surface area contributed by atoms with Crippen LogP contribution in [0, 0.1) is 52.3 Å². The highest BCUT2D eigenvalue weighted by atomic mass is 28.4. The smallest absolute Gasteiger partial charge is 0.278 e. The van der Waals surface area contributed by atoms with Gasteiger partial charge in [-0.25, -0.2) is 0 Å². The van der Waals surface area contributed by atoms with Gasteiger partial charge >= 0.3 is 0 Å². The van der Waals surface area contributed by atoms with Crippen LogP contribution in [-0.2, 0) is 4.53 Å². The SMILES string of the molecule is CCC(/C=C/C(C)C1CCC2C3CCC4=CC(=NO[Si](C)(C)C)CCC4(C)C3CCC12C)C(C)C. The van der Waals surface area contributed by atoms with Crippen molar-refractivity contribution in [2.24, 2.45) is 57.4 Å². The molecule has 0 aromatic rings. The Bertz CT molecular complexity index is 850. The Hall–Kier alpha value is -0.833. The summed E-state index contributed by atoms with van der Waals surface area (Å²) in [6, 6.07) is 0. The summed E-state index contributed by atoms with van der Waals surface area (Å²) in [5, 5.41) is 4.62. The van der Waals surface area contributed by atoms with E-state index in [4.69, 9.17) is 4.53 Å². The molecule has 0 saturated heterocycles. The highest BCUT2D eigenvalue weighted by molar-refractivity contribution is 6.69. The maximum absolute atomic E-state index is 5.92. The molecule has 0 aromatic heterocycles. The molecule has 0 aliphatic heterocycles. The van der Waals surface area contributed by atoms with Crippen molar-refractivity contribution in [2.75, 3.05) is 0 Å². The van der Waals surface area contributed by atoms with Gasteiger partial charge in [0.15, 0.2) is 0 Å². The Kier molecular flexibility index (Phi) is 7.89. The van der Waals surface area contributed by atoms with Crippen molar-refractivity contribution >= 4 is 14.0 Å². The summed E-state index contributed by atoms with van der Waals surface area (Å²) in [6.45, 7) is 21.6. The molecule has 198 valence electrons. The predicted molar refractivity (Wildman–Crippen MR) is 154 cm³/mol. The highest BCUT2D eigenvalue weighted by Crippen LogP contribution is 2.67. The first kappa shape index (κ1) is 27.2. The maximum atomic E-state index is 5.92. The fourth-order valence-electron chi connectivity index (χ4n) is 9.02. The van der Waals surface area contributed by atoms with Gasteiger partial charge in [-0.3, -0.25) is 0 Å². The molecule has 0 amide bonds. The van der Waals surface area contributed by atoms with E-state index in [1.807, 2.05) is 0 Å². The van der Waals surface area contributed by atoms with Crippen LogP contribution in [0.2, 0.25) is 19.6 Å². The molecule has 35 heavy (non-hydrogen) atoms. The van der Waals surface area contributed by atoms with Crippen LogP contribution >= 0.6 is 0 Å². The molecule has 0 heterocycles. The minimum atomic E-state index is -1.61. The van der Waals surface area contributed by atoms with E-state index in [2.05, 4.69) is 84.6 Å². The van der Waals surface area contributed by atoms with E-state index < -0.39 is 8.32 Å². The van der Waals surface area contributed by atoms with Gasteiger partial charge in [0.25, 0.3) is 8.32 Å². The van der Waals surface area contributed by atoms with Crippen LogP contribution in [0.25, 0.3) is 0 Å². The maximum Gasteiger partial charge on any atom is 0.278 e. The predicted octanol–water partition coefficient (Wildman–Crippen LogP) is 9.65. The van der Waals surface area contributed by atoms with E-state index in [1.165, 1.54) is 57.1 Å². The van der Waals surface area contributed by atoms with E-state index in [-0.39, 0.29) is 0 Å². The van der Waals surface area contributed by atoms with Gasteiger partial charge in [-0.2, -0.15) is 0 Å². The second-order valence-electron chi connectivity index (χ2n) is 14.6. The zero-order valence-corrected chi connectivity index (χ0v) is 25.5. The minimum Gasteiger partial charge on any atom is -0.455 e. The molecule has 0 N–H and O–H groups in total. The Morgan fingerprint density at radius 2 is 1.74 bits per heavy atom. The number of fused-ring (bicyclic) bond motifs is 5. The van der Waals surface area contributed by atoms with Gasteiger partial charge in [0.05, 0.1) is 5.71 Å². The van der Waals surface area contributed by atoms with E-state index in [1.54, 1.807) is 5.57 Å². The fourth-order valence-corrected chi connectivity index (χ4v) is 9.42. The molecule has 0 radical (unpaired) electrons. The molecule has 3 fully saturated rings. The molecule has 0 bridgehead atoms. The summed E-state index contributed by atoms with van der Waals surface area (Å²) >= 11 is 0. The Labute approximate surface area is 218 Å². The van der Waals surface area contributed by atoms with Crippen LogP contribution in [0.1, 0.15) is 99.3 Å². The third-order valence-corrected chi connectivity index (χ3v) is 11.8. The van der Waals surface area contributed by atoms with E-state index in [0.29, 0.717) is 16.7 Å². The molecule has 0 aromatic carbocycles. The minimum absolute atomic E-state index is 0.387. The Morgan fingerprint density at radius 3 is 2.40 bits per heavy atom. The molecular formula is C32H55NOSi. The summed E-state index contributed by atoms with van der Waals surface area (Å²) < 4.78 is 5.92. The number of nitrogens with zero attached hydrogens (tertiary/aromatic N) is 1. The van der Waals surface area contributed by atoms with Crippen molar-refractivity contribution in [1.29, 1.82) is 0 Å². The van der Waals surface area contributed by atoms with Gasteiger partial charge in [-0.1, -0.05) is 59.3 Å². The van der Waals surface area contributed by atoms with Crippen molar-refractivity contribution in [3.05, 3.63) is 23.8 Å². The second-order valence-corrected chi connectivity index (χ2v) is 19.0. The number of allylic oxidation sites excluding steroid dienone is 4. The van der Waals surface area contributed by atoms with Crippen LogP contribution in [0.5, 0.6) is 0 Å². The third-order valence-electron chi connectivity index (χ3n) is 11.1. The molecule has 3 saturated carbocycles. The van der Waals surface area contributed by atoms with E-state index in [9.17, 15) is 0 Å². The summed E-state index contributed by atoms with van der Waals surface area (Å²) in [7, 11) is -1.61. The van der Waals surface area contributed by atoms with Gasteiger partial charge in [0.2, 0.25) is 0 Å². The van der Waals surface area contributed by atoms with Crippen molar-refractivity contribution in [3.8, 4) is 0 Å². The fraction of sp³-hybridized carbons (Fsp3) is 0.844. The molecule has 2 nitrogen and oxygen atoms in total. The van der Waals surface area contributed by atoms with Gasteiger partial charge in [0, 0.05) is 0 Å². The lowest BCUT2D eigenvalue weighted by atomic mass is 9.46. The normalized spacial score (nSPS) is 40.3. The van der Waals surface area contributed by atoms with Crippen LogP contribution in [-0.4, -0.2) is 14.0 Å². The molecule has 8 unspecified atom stereocenters. The lowest BCUT2D eigenvalue weighted by molar-refractivity contribution is -0.0538. The molecule has 4 aliphatic rings. The first-order valence-corrected chi connectivity index (χ1v) is 18.4. The van der Waals surface area contributed by atoms with Crippen molar-refractivity contribution in [3.63, 3.8) is 0 Å². The molecule has 4 aliphatic carbocycles.